The van der Waals surface area contributed by atoms with Gasteiger partial charge in [0.05, 0.1) is 24.0 Å². The number of carbonyl (C=O) groups is 1. The van der Waals surface area contributed by atoms with Crippen LogP contribution < -0.4 is 20.7 Å². The van der Waals surface area contributed by atoms with Crippen molar-refractivity contribution in [3.63, 3.8) is 0 Å². The molecule has 3 N–H and O–H groups in total. The molecule has 1 amide bonds. The smallest absolute Gasteiger partial charge is 0.266 e. The van der Waals surface area contributed by atoms with Crippen molar-refractivity contribution < 1.29 is 9.53 Å². The van der Waals surface area contributed by atoms with E-state index in [9.17, 15) is 4.79 Å². The predicted molar refractivity (Wildman–Crippen MR) is 163 cm³/mol. The molecule has 2 aromatic carbocycles. The van der Waals surface area contributed by atoms with Crippen molar-refractivity contribution in [3.05, 3.63) is 94.6 Å². The molecule has 2 aromatic rings. The van der Waals surface area contributed by atoms with Gasteiger partial charge in [0.1, 0.15) is 5.75 Å². The Morgan fingerprint density at radius 2 is 2.05 bits per heavy atom. The number of aliphatic imine (C=N–C) groups is 1. The van der Waals surface area contributed by atoms with Crippen LogP contribution in [0.2, 0.25) is 5.02 Å². The number of likely N-dealkylation sites (N-methyl/N-ethyl adjacent to an activating group) is 1. The lowest BCUT2D eigenvalue weighted by molar-refractivity contribution is -0.120. The van der Waals surface area contributed by atoms with Gasteiger partial charge in [-0.2, -0.15) is 0 Å². The standard InChI is InChI=1S/C29H32ClN3O2.CH3NS/c1-4-20(23-13-9-10-14-26(23)35-3)17-18-31-28-29(34)33(2)25-16-15-22(30)19-24(25)27(32-28)21-11-7-5-6-8-12-21;2-1-3/h5,7-16,19-20,28,31H,4,6,17-18H2,1-3H3;1H,(H2,2,3). The van der Waals surface area contributed by atoms with Gasteiger partial charge in [-0.3, -0.25) is 15.1 Å². The number of nitrogens with one attached hydrogen (secondary N) is 1. The summed E-state index contributed by atoms with van der Waals surface area (Å²) in [4.78, 5) is 20.1. The van der Waals surface area contributed by atoms with E-state index in [1.165, 1.54) is 5.56 Å². The number of nitrogens with two attached hydrogens (primary N) is 1. The highest BCUT2D eigenvalue weighted by molar-refractivity contribution is 7.78. The van der Waals surface area contributed by atoms with Crippen LogP contribution >= 0.6 is 23.8 Å². The molecule has 38 heavy (non-hydrogen) atoms. The number of benzene rings is 2. The third-order valence-electron chi connectivity index (χ3n) is 6.55. The van der Waals surface area contributed by atoms with Crippen LogP contribution in [0.3, 0.4) is 0 Å². The maximum absolute atomic E-state index is 13.5. The zero-order chi connectivity index (χ0) is 27.5. The number of halogens is 1. The van der Waals surface area contributed by atoms with Gasteiger partial charge in [0.15, 0.2) is 6.17 Å². The van der Waals surface area contributed by atoms with Crippen LogP contribution in [0.4, 0.5) is 5.69 Å². The molecule has 1 aliphatic carbocycles. The summed E-state index contributed by atoms with van der Waals surface area (Å²) in [7, 11) is 3.50. The van der Waals surface area contributed by atoms with E-state index >= 15 is 0 Å². The molecule has 2 aliphatic rings. The maximum Gasteiger partial charge on any atom is 0.266 e. The van der Waals surface area contributed by atoms with Crippen LogP contribution in [-0.4, -0.2) is 44.0 Å². The first-order valence-corrected chi connectivity index (χ1v) is 13.5. The molecule has 4 rings (SSSR count). The van der Waals surface area contributed by atoms with E-state index in [0.717, 1.165) is 53.0 Å². The quantitative estimate of drug-likeness (QED) is 0.396. The molecule has 0 bridgehead atoms. The predicted octanol–water partition coefficient (Wildman–Crippen LogP) is 5.96. The summed E-state index contributed by atoms with van der Waals surface area (Å²) >= 11 is 10.4. The number of thiocarbonyl (C=S) groups is 1. The Morgan fingerprint density at radius 1 is 1.29 bits per heavy atom. The number of nitrogens with zero attached hydrogens (tertiary/aromatic N) is 2. The molecule has 0 radical (unpaired) electrons. The van der Waals surface area contributed by atoms with Gasteiger partial charge in [0.25, 0.3) is 5.91 Å². The van der Waals surface area contributed by atoms with Gasteiger partial charge in [-0.25, -0.2) is 0 Å². The summed E-state index contributed by atoms with van der Waals surface area (Å²) in [6.45, 7) is 2.82. The number of methoxy groups -OCH3 is 1. The van der Waals surface area contributed by atoms with Crippen molar-refractivity contribution in [1.82, 2.24) is 5.32 Å². The number of ether oxygens (including phenoxy) is 1. The number of amides is 1. The van der Waals surface area contributed by atoms with Crippen LogP contribution in [-0.2, 0) is 4.79 Å². The van der Waals surface area contributed by atoms with Crippen LogP contribution in [0.15, 0.2) is 83.4 Å². The summed E-state index contributed by atoms with van der Waals surface area (Å²) < 4.78 is 5.58. The third kappa shape index (κ3) is 7.19. The van der Waals surface area contributed by atoms with E-state index < -0.39 is 6.17 Å². The highest BCUT2D eigenvalue weighted by Crippen LogP contribution is 2.32. The van der Waals surface area contributed by atoms with Crippen LogP contribution in [0.25, 0.3) is 0 Å². The summed E-state index contributed by atoms with van der Waals surface area (Å²) in [6.07, 6.45) is 12.3. The van der Waals surface area contributed by atoms with Crippen molar-refractivity contribution in [2.24, 2.45) is 10.7 Å². The molecular weight excluding hydrogens is 516 g/mol. The number of hydrogen-bond acceptors (Lipinski definition) is 5. The monoisotopic (exact) mass is 550 g/mol. The van der Waals surface area contributed by atoms with E-state index in [1.54, 1.807) is 19.1 Å². The number of para-hydroxylation sites is 1. The van der Waals surface area contributed by atoms with Gasteiger partial charge in [-0.05, 0) is 61.6 Å². The zero-order valence-corrected chi connectivity index (χ0v) is 23.6. The van der Waals surface area contributed by atoms with Crippen molar-refractivity contribution in [2.75, 3.05) is 25.6 Å². The average Bonchev–Trinajstić information content (AvgIpc) is 3.26. The second kappa shape index (κ2) is 14.6. The molecular formula is C30H35ClN4O2S. The molecule has 200 valence electrons. The van der Waals surface area contributed by atoms with E-state index in [2.05, 4.69) is 54.5 Å². The van der Waals surface area contributed by atoms with Crippen molar-refractivity contribution in [2.45, 2.75) is 38.3 Å². The Bertz CT molecular complexity index is 1250. The first-order valence-electron chi connectivity index (χ1n) is 12.7. The minimum Gasteiger partial charge on any atom is -0.496 e. The van der Waals surface area contributed by atoms with E-state index in [-0.39, 0.29) is 5.91 Å². The Kier molecular flexibility index (Phi) is 11.3. The second-order valence-corrected chi connectivity index (χ2v) is 9.56. The molecule has 0 aromatic heterocycles. The molecule has 8 heteroatoms. The fourth-order valence-electron chi connectivity index (χ4n) is 4.62. The zero-order valence-electron chi connectivity index (χ0n) is 22.1. The molecule has 0 fully saturated rings. The number of rotatable bonds is 8. The molecule has 1 heterocycles. The topological polar surface area (TPSA) is 80.0 Å². The number of benzodiazepines with no additional fused rings is 1. The SMILES string of the molecule is CCC(CCNC1N=C(C2=CC=CCC=C2)c2cc(Cl)ccc2N(C)C1=O)c1ccccc1OC.NC=S. The average molecular weight is 551 g/mol. The molecule has 6 nitrogen and oxygen atoms in total. The van der Waals surface area contributed by atoms with E-state index in [1.807, 2.05) is 48.6 Å². The van der Waals surface area contributed by atoms with Crippen LogP contribution in [0.5, 0.6) is 5.75 Å². The Morgan fingerprint density at radius 3 is 2.79 bits per heavy atom. The highest BCUT2D eigenvalue weighted by atomic mass is 35.5. The van der Waals surface area contributed by atoms with Gasteiger partial charge in [-0.15, -0.1) is 0 Å². The molecule has 0 saturated heterocycles. The first kappa shape index (κ1) is 29.3. The third-order valence-corrected chi connectivity index (χ3v) is 6.79. The second-order valence-electron chi connectivity index (χ2n) is 8.85. The largest absolute Gasteiger partial charge is 0.496 e. The van der Waals surface area contributed by atoms with Crippen molar-refractivity contribution >= 4 is 46.6 Å². The maximum atomic E-state index is 13.5. The lowest BCUT2D eigenvalue weighted by atomic mass is 9.92. The first-order chi connectivity index (χ1) is 18.4. The lowest BCUT2D eigenvalue weighted by Gasteiger charge is -2.22. The van der Waals surface area contributed by atoms with Crippen molar-refractivity contribution in [1.29, 1.82) is 0 Å². The van der Waals surface area contributed by atoms with Crippen molar-refractivity contribution in [3.8, 4) is 5.75 Å². The molecule has 2 unspecified atom stereocenters. The van der Waals surface area contributed by atoms with Gasteiger partial charge in [0, 0.05) is 23.2 Å². The lowest BCUT2D eigenvalue weighted by Crippen LogP contribution is -2.44. The van der Waals surface area contributed by atoms with Crippen LogP contribution in [0.1, 0.15) is 43.2 Å². The van der Waals surface area contributed by atoms with Crippen LogP contribution in [0, 0.1) is 0 Å². The summed E-state index contributed by atoms with van der Waals surface area (Å²) in [6, 6.07) is 13.7. The number of allylic oxidation sites excluding steroid dienone is 6. The molecule has 1 aliphatic heterocycles. The Labute approximate surface area is 235 Å². The fraction of sp³-hybridized carbons (Fsp3) is 0.300. The summed E-state index contributed by atoms with van der Waals surface area (Å²) in [5.41, 5.74) is 10.2. The Hall–Kier alpha value is -3.26. The fourth-order valence-corrected chi connectivity index (χ4v) is 4.80. The summed E-state index contributed by atoms with van der Waals surface area (Å²) in [5.74, 6) is 1.12. The van der Waals surface area contributed by atoms with E-state index in [0.29, 0.717) is 17.5 Å². The number of carbonyl (C=O) groups excluding carboxylic acids is 1. The minimum absolute atomic E-state index is 0.0948. The normalized spacial score (nSPS) is 17.2. The Balaban J connectivity index is 0.00000127. The molecule has 0 saturated carbocycles. The van der Waals surface area contributed by atoms with Gasteiger partial charge in [0.2, 0.25) is 0 Å². The molecule has 2 atom stereocenters. The number of fused-ring (bicyclic) bond motifs is 1. The summed E-state index contributed by atoms with van der Waals surface area (Å²) in [5, 5.41) is 4.04. The minimum atomic E-state index is -0.696. The number of hydrogen-bond donors (Lipinski definition) is 2. The molecule has 0 spiro atoms. The highest BCUT2D eigenvalue weighted by Gasteiger charge is 2.30. The van der Waals surface area contributed by atoms with Gasteiger partial charge in [-0.1, -0.05) is 79.3 Å². The van der Waals surface area contributed by atoms with E-state index in [4.69, 9.17) is 21.3 Å². The van der Waals surface area contributed by atoms with Gasteiger partial charge >= 0.3 is 0 Å². The van der Waals surface area contributed by atoms with Gasteiger partial charge < -0.3 is 15.4 Å². The number of anilines is 1.